The van der Waals surface area contributed by atoms with Gasteiger partial charge in [-0.2, -0.15) is 0 Å². The van der Waals surface area contributed by atoms with Crippen molar-refractivity contribution >= 4 is 32.9 Å². The van der Waals surface area contributed by atoms with Gasteiger partial charge in [-0.05, 0) is 96.4 Å². The Hall–Kier alpha value is -5.92. The second kappa shape index (κ2) is 11.6. The molecule has 45 heavy (non-hydrogen) atoms. The van der Waals surface area contributed by atoms with E-state index in [1.54, 1.807) is 0 Å². The van der Waals surface area contributed by atoms with Gasteiger partial charge in [0.2, 0.25) is 0 Å². The van der Waals surface area contributed by atoms with Crippen molar-refractivity contribution in [3.63, 3.8) is 0 Å². The summed E-state index contributed by atoms with van der Waals surface area (Å²) in [6.45, 7) is 0. The summed E-state index contributed by atoms with van der Waals surface area (Å²) in [7, 11) is 0. The van der Waals surface area contributed by atoms with Crippen LogP contribution in [0.5, 0.6) is 0 Å². The van der Waals surface area contributed by atoms with Crippen LogP contribution in [-0.4, -0.2) is 0 Å². The van der Waals surface area contributed by atoms with Crippen molar-refractivity contribution in [1.29, 1.82) is 0 Å². The minimum absolute atomic E-state index is 1.06. The van der Waals surface area contributed by atoms with E-state index in [9.17, 15) is 0 Å². The Kier molecular flexibility index (Phi) is 6.90. The largest absolute Gasteiger partial charge is 0.356 e. The highest BCUT2D eigenvalue weighted by Crippen LogP contribution is 2.37. The number of benzene rings is 8. The fourth-order valence-corrected chi connectivity index (χ4v) is 6.32. The van der Waals surface area contributed by atoms with Crippen LogP contribution in [0.4, 0.5) is 11.4 Å². The third-order valence-corrected chi connectivity index (χ3v) is 8.66. The second-order valence-electron chi connectivity index (χ2n) is 11.5. The molecule has 8 aromatic rings. The van der Waals surface area contributed by atoms with Crippen molar-refractivity contribution < 1.29 is 0 Å². The lowest BCUT2D eigenvalue weighted by molar-refractivity contribution is 1.52. The van der Waals surface area contributed by atoms with Crippen molar-refractivity contribution in [2.75, 3.05) is 5.32 Å². The van der Waals surface area contributed by atoms with Crippen LogP contribution in [-0.2, 0) is 0 Å². The summed E-state index contributed by atoms with van der Waals surface area (Å²) >= 11 is 0. The van der Waals surface area contributed by atoms with Gasteiger partial charge in [-0.25, -0.2) is 0 Å². The third-order valence-electron chi connectivity index (χ3n) is 8.66. The summed E-state index contributed by atoms with van der Waals surface area (Å²) in [5.74, 6) is 0. The van der Waals surface area contributed by atoms with Gasteiger partial charge in [0.25, 0.3) is 0 Å². The molecule has 212 valence electrons. The molecule has 0 aliphatic carbocycles. The Bertz CT molecular complexity index is 2260. The molecule has 1 N–H and O–H groups in total. The predicted molar refractivity (Wildman–Crippen MR) is 193 cm³/mol. The summed E-state index contributed by atoms with van der Waals surface area (Å²) < 4.78 is 0. The van der Waals surface area contributed by atoms with E-state index in [2.05, 4.69) is 187 Å². The first-order valence-corrected chi connectivity index (χ1v) is 15.4. The molecule has 0 aromatic heterocycles. The van der Waals surface area contributed by atoms with E-state index >= 15 is 0 Å². The van der Waals surface area contributed by atoms with Crippen molar-refractivity contribution in [2.45, 2.75) is 0 Å². The van der Waals surface area contributed by atoms with Gasteiger partial charge in [-0.3, -0.25) is 0 Å². The first kappa shape index (κ1) is 26.7. The van der Waals surface area contributed by atoms with E-state index in [0.29, 0.717) is 0 Å². The Balaban J connectivity index is 1.12. The lowest BCUT2D eigenvalue weighted by Gasteiger charge is -2.15. The first-order chi connectivity index (χ1) is 22.3. The molecule has 0 saturated carbocycles. The minimum atomic E-state index is 1.06. The highest BCUT2D eigenvalue weighted by Gasteiger charge is 2.11. The number of hydrogen-bond donors (Lipinski definition) is 1. The quantitative estimate of drug-likeness (QED) is 0.209. The summed E-state index contributed by atoms with van der Waals surface area (Å²) in [6.07, 6.45) is 0. The van der Waals surface area contributed by atoms with E-state index in [0.717, 1.165) is 11.4 Å². The second-order valence-corrected chi connectivity index (χ2v) is 11.5. The molecule has 0 radical (unpaired) electrons. The zero-order chi connectivity index (χ0) is 30.0. The number of anilines is 2. The van der Waals surface area contributed by atoms with E-state index in [1.807, 2.05) is 0 Å². The molecular weight excluding hydrogens is 542 g/mol. The number of rotatable bonds is 6. The molecular formula is C44H31N. The zero-order valence-corrected chi connectivity index (χ0v) is 24.8. The first-order valence-electron chi connectivity index (χ1n) is 15.4. The number of nitrogens with one attached hydrogen (secondary N) is 1. The molecule has 0 spiro atoms. The highest BCUT2D eigenvalue weighted by atomic mass is 14.9. The number of hydrogen-bond acceptors (Lipinski definition) is 1. The molecule has 1 heteroatoms. The average molecular weight is 574 g/mol. The molecule has 0 fully saturated rings. The SMILES string of the molecule is c1ccc(-c2ccc(Nc3ccc(-c4ccc5ccccc5c4)cc3)cc2-c2ccc(-c3cccc4ccccc34)cc2)cc1. The molecule has 0 bridgehead atoms. The Morgan fingerprint density at radius 3 is 1.64 bits per heavy atom. The van der Waals surface area contributed by atoms with Crippen LogP contribution in [0.1, 0.15) is 0 Å². The van der Waals surface area contributed by atoms with Gasteiger partial charge < -0.3 is 5.32 Å². The summed E-state index contributed by atoms with van der Waals surface area (Å²) in [4.78, 5) is 0. The molecule has 8 aromatic carbocycles. The van der Waals surface area contributed by atoms with Crippen LogP contribution >= 0.6 is 0 Å². The van der Waals surface area contributed by atoms with Crippen LogP contribution in [0.25, 0.3) is 66.1 Å². The van der Waals surface area contributed by atoms with Gasteiger partial charge in [-0.15, -0.1) is 0 Å². The fourth-order valence-electron chi connectivity index (χ4n) is 6.32. The van der Waals surface area contributed by atoms with E-state index in [-0.39, 0.29) is 0 Å². The Morgan fingerprint density at radius 1 is 0.267 bits per heavy atom. The molecule has 0 aliphatic heterocycles. The van der Waals surface area contributed by atoms with Crippen molar-refractivity contribution in [3.05, 3.63) is 182 Å². The topological polar surface area (TPSA) is 12.0 Å². The van der Waals surface area contributed by atoms with E-state index in [1.165, 1.54) is 66.1 Å². The molecule has 0 aliphatic rings. The van der Waals surface area contributed by atoms with Crippen molar-refractivity contribution in [2.24, 2.45) is 0 Å². The monoisotopic (exact) mass is 573 g/mol. The molecule has 0 unspecified atom stereocenters. The van der Waals surface area contributed by atoms with Crippen LogP contribution in [0.3, 0.4) is 0 Å². The Morgan fingerprint density at radius 2 is 0.844 bits per heavy atom. The van der Waals surface area contributed by atoms with Gasteiger partial charge in [0.1, 0.15) is 0 Å². The molecule has 0 heterocycles. The molecule has 0 amide bonds. The minimum Gasteiger partial charge on any atom is -0.356 e. The van der Waals surface area contributed by atoms with Crippen LogP contribution < -0.4 is 5.32 Å². The summed E-state index contributed by atoms with van der Waals surface area (Å²) in [5.41, 5.74) is 11.8. The van der Waals surface area contributed by atoms with Gasteiger partial charge >= 0.3 is 0 Å². The maximum atomic E-state index is 3.66. The van der Waals surface area contributed by atoms with E-state index in [4.69, 9.17) is 0 Å². The lowest BCUT2D eigenvalue weighted by Crippen LogP contribution is -1.93. The zero-order valence-electron chi connectivity index (χ0n) is 24.8. The van der Waals surface area contributed by atoms with Crippen LogP contribution in [0.15, 0.2) is 182 Å². The van der Waals surface area contributed by atoms with Gasteiger partial charge in [0, 0.05) is 11.4 Å². The molecule has 1 nitrogen and oxygen atoms in total. The van der Waals surface area contributed by atoms with Gasteiger partial charge in [0.15, 0.2) is 0 Å². The molecule has 0 saturated heterocycles. The fraction of sp³-hybridized carbons (Fsp3) is 0. The summed E-state index contributed by atoms with van der Waals surface area (Å²) in [6, 6.07) is 65.3. The number of fused-ring (bicyclic) bond motifs is 2. The van der Waals surface area contributed by atoms with Crippen molar-refractivity contribution in [3.8, 4) is 44.5 Å². The molecule has 0 atom stereocenters. The predicted octanol–water partition coefficient (Wildman–Crippen LogP) is 12.4. The summed E-state index contributed by atoms with van der Waals surface area (Å²) in [5, 5.41) is 8.71. The van der Waals surface area contributed by atoms with E-state index < -0.39 is 0 Å². The molecule has 8 rings (SSSR count). The lowest BCUT2D eigenvalue weighted by atomic mass is 9.92. The van der Waals surface area contributed by atoms with Crippen LogP contribution in [0.2, 0.25) is 0 Å². The van der Waals surface area contributed by atoms with Gasteiger partial charge in [-0.1, -0.05) is 152 Å². The van der Waals surface area contributed by atoms with Gasteiger partial charge in [0.05, 0.1) is 0 Å². The Labute approximate surface area is 264 Å². The highest BCUT2D eigenvalue weighted by molar-refractivity contribution is 5.97. The average Bonchev–Trinajstić information content (AvgIpc) is 3.12. The standard InChI is InChI=1S/C44H31N/c1-2-10-33(11-3-1)43-28-27-40(45-39-25-23-32(24-26-39)38-22-17-31-9-4-5-13-37(31)29-38)30-44(43)36-20-18-35(19-21-36)42-16-8-14-34-12-6-7-15-41(34)42/h1-30,45H. The normalized spacial score (nSPS) is 11.1. The third kappa shape index (κ3) is 5.37. The maximum Gasteiger partial charge on any atom is 0.0390 e. The smallest absolute Gasteiger partial charge is 0.0390 e. The van der Waals surface area contributed by atoms with Crippen molar-refractivity contribution in [1.82, 2.24) is 0 Å². The van der Waals surface area contributed by atoms with Crippen LogP contribution in [0, 0.1) is 0 Å². The maximum absolute atomic E-state index is 3.66.